The maximum atomic E-state index is 12.2. The Kier molecular flexibility index (Phi) is 4.91. The fraction of sp³-hybridized carbons (Fsp3) is 0.900. The molecule has 0 aromatic heterocycles. The summed E-state index contributed by atoms with van der Waals surface area (Å²) in [5.74, 6) is -1.13. The Balaban J connectivity index is 2.81. The molecule has 0 bridgehead atoms. The van der Waals surface area contributed by atoms with Crippen LogP contribution in [0.5, 0.6) is 0 Å². The van der Waals surface area contributed by atoms with Crippen molar-refractivity contribution in [2.75, 3.05) is 20.1 Å². The maximum absolute atomic E-state index is 12.2. The van der Waals surface area contributed by atoms with Crippen molar-refractivity contribution in [3.63, 3.8) is 0 Å². The van der Waals surface area contributed by atoms with Crippen LogP contribution in [0.3, 0.4) is 0 Å². The molecular weight excluding hydrogens is 244 g/mol. The van der Waals surface area contributed by atoms with E-state index in [-0.39, 0.29) is 0 Å². The minimum atomic E-state index is -3.64. The van der Waals surface area contributed by atoms with Gasteiger partial charge in [0.15, 0.2) is 0 Å². The van der Waals surface area contributed by atoms with Crippen LogP contribution in [0.15, 0.2) is 0 Å². The second-order valence-corrected chi connectivity index (χ2v) is 6.34. The molecule has 1 saturated heterocycles. The molecule has 1 atom stereocenters. The molecule has 1 fully saturated rings. The lowest BCUT2D eigenvalue weighted by Crippen LogP contribution is -2.48. The Bertz CT molecular complexity index is 361. The van der Waals surface area contributed by atoms with Crippen molar-refractivity contribution in [1.82, 2.24) is 8.61 Å². The second kappa shape index (κ2) is 5.79. The summed E-state index contributed by atoms with van der Waals surface area (Å²) in [6.07, 6.45) is 3.75. The lowest BCUT2D eigenvalue weighted by molar-refractivity contribution is -0.140. The Morgan fingerprint density at radius 2 is 1.71 bits per heavy atom. The highest BCUT2D eigenvalue weighted by Gasteiger charge is 2.33. The number of hydrogen-bond acceptors (Lipinski definition) is 3. The summed E-state index contributed by atoms with van der Waals surface area (Å²) in [6.45, 7) is 2.34. The Morgan fingerprint density at radius 1 is 1.24 bits per heavy atom. The number of carboxylic acids is 1. The number of rotatable bonds is 4. The fourth-order valence-electron chi connectivity index (χ4n) is 1.81. The largest absolute Gasteiger partial charge is 0.480 e. The maximum Gasteiger partial charge on any atom is 0.321 e. The van der Waals surface area contributed by atoms with Gasteiger partial charge in [-0.05, 0) is 19.8 Å². The van der Waals surface area contributed by atoms with Crippen LogP contribution in [0.2, 0.25) is 0 Å². The number of carboxylic acid groups (broad SMARTS) is 1. The van der Waals surface area contributed by atoms with Crippen LogP contribution in [0, 0.1) is 0 Å². The predicted molar refractivity (Wildman–Crippen MR) is 63.8 cm³/mol. The molecular formula is C10H20N2O4S. The Hall–Kier alpha value is -0.660. The van der Waals surface area contributed by atoms with Crippen molar-refractivity contribution in [3.8, 4) is 0 Å². The minimum Gasteiger partial charge on any atom is -0.480 e. The smallest absolute Gasteiger partial charge is 0.321 e. The van der Waals surface area contributed by atoms with Gasteiger partial charge in [-0.2, -0.15) is 17.0 Å². The van der Waals surface area contributed by atoms with Crippen molar-refractivity contribution < 1.29 is 18.3 Å². The van der Waals surface area contributed by atoms with Gasteiger partial charge < -0.3 is 5.11 Å². The van der Waals surface area contributed by atoms with Crippen LogP contribution in [0.4, 0.5) is 0 Å². The molecule has 0 amide bonds. The standard InChI is InChI=1S/C10H20N2O4S/c1-9(10(13)14)11(2)17(15,16)12-7-5-3-4-6-8-12/h9H,3-8H2,1-2H3,(H,13,14). The van der Waals surface area contributed by atoms with E-state index in [2.05, 4.69) is 0 Å². The molecule has 0 aromatic carbocycles. The van der Waals surface area contributed by atoms with Gasteiger partial charge in [0.2, 0.25) is 0 Å². The van der Waals surface area contributed by atoms with Crippen LogP contribution >= 0.6 is 0 Å². The van der Waals surface area contributed by atoms with Gasteiger partial charge in [-0.3, -0.25) is 4.79 Å². The SMILES string of the molecule is CC(C(=O)O)N(C)S(=O)(=O)N1CCCCCC1. The fourth-order valence-corrected chi connectivity index (χ4v) is 3.38. The van der Waals surface area contributed by atoms with E-state index < -0.39 is 22.2 Å². The van der Waals surface area contributed by atoms with Gasteiger partial charge in [-0.25, -0.2) is 0 Å². The topological polar surface area (TPSA) is 77.9 Å². The average molecular weight is 264 g/mol. The zero-order valence-electron chi connectivity index (χ0n) is 10.3. The highest BCUT2D eigenvalue weighted by atomic mass is 32.2. The van der Waals surface area contributed by atoms with E-state index in [0.29, 0.717) is 13.1 Å². The zero-order valence-corrected chi connectivity index (χ0v) is 11.1. The van der Waals surface area contributed by atoms with E-state index in [4.69, 9.17) is 5.11 Å². The summed E-state index contributed by atoms with van der Waals surface area (Å²) in [7, 11) is -2.33. The highest BCUT2D eigenvalue weighted by molar-refractivity contribution is 7.86. The van der Waals surface area contributed by atoms with Gasteiger partial charge in [-0.15, -0.1) is 0 Å². The first kappa shape index (κ1) is 14.4. The number of carbonyl (C=O) groups is 1. The molecule has 0 aliphatic carbocycles. The van der Waals surface area contributed by atoms with Crippen molar-refractivity contribution >= 4 is 16.2 Å². The van der Waals surface area contributed by atoms with Gasteiger partial charge in [0.1, 0.15) is 6.04 Å². The quantitative estimate of drug-likeness (QED) is 0.802. The molecule has 1 aliphatic rings. The summed E-state index contributed by atoms with van der Waals surface area (Å²) in [6, 6.07) is -1.04. The second-order valence-electron chi connectivity index (χ2n) is 4.35. The van der Waals surface area contributed by atoms with Crippen molar-refractivity contribution in [3.05, 3.63) is 0 Å². The molecule has 6 nitrogen and oxygen atoms in total. The first-order valence-corrected chi connectivity index (χ1v) is 7.23. The van der Waals surface area contributed by atoms with Crippen molar-refractivity contribution in [2.45, 2.75) is 38.6 Å². The normalized spacial score (nSPS) is 21.1. The van der Waals surface area contributed by atoms with Crippen LogP contribution in [0.25, 0.3) is 0 Å². The first-order valence-electron chi connectivity index (χ1n) is 5.83. The van der Waals surface area contributed by atoms with E-state index >= 15 is 0 Å². The lowest BCUT2D eigenvalue weighted by atomic mass is 10.2. The Labute approximate surface area is 102 Å². The van der Waals surface area contributed by atoms with Gasteiger partial charge in [-0.1, -0.05) is 12.8 Å². The highest BCUT2D eigenvalue weighted by Crippen LogP contribution is 2.17. The van der Waals surface area contributed by atoms with Crippen LogP contribution < -0.4 is 0 Å². The molecule has 0 aromatic rings. The first-order chi connectivity index (χ1) is 7.87. The summed E-state index contributed by atoms with van der Waals surface area (Å²) < 4.78 is 26.7. The average Bonchev–Trinajstić information content (AvgIpc) is 2.55. The van der Waals surface area contributed by atoms with Crippen molar-refractivity contribution in [1.29, 1.82) is 0 Å². The molecule has 0 saturated carbocycles. The van der Waals surface area contributed by atoms with Gasteiger partial charge in [0.25, 0.3) is 10.2 Å². The molecule has 1 aliphatic heterocycles. The molecule has 7 heteroatoms. The third kappa shape index (κ3) is 3.40. The van der Waals surface area contributed by atoms with E-state index in [1.165, 1.54) is 18.3 Å². The van der Waals surface area contributed by atoms with Crippen LogP contribution in [-0.2, 0) is 15.0 Å². The van der Waals surface area contributed by atoms with E-state index in [1.54, 1.807) is 0 Å². The van der Waals surface area contributed by atoms with Crippen LogP contribution in [0.1, 0.15) is 32.6 Å². The van der Waals surface area contributed by atoms with Gasteiger partial charge in [0.05, 0.1) is 0 Å². The summed E-state index contributed by atoms with van der Waals surface area (Å²) >= 11 is 0. The molecule has 100 valence electrons. The summed E-state index contributed by atoms with van der Waals surface area (Å²) in [5, 5.41) is 8.85. The minimum absolute atomic E-state index is 0.485. The Morgan fingerprint density at radius 3 is 2.12 bits per heavy atom. The third-order valence-electron chi connectivity index (χ3n) is 3.16. The number of nitrogens with zero attached hydrogens (tertiary/aromatic N) is 2. The van der Waals surface area contributed by atoms with E-state index in [9.17, 15) is 13.2 Å². The molecule has 1 rings (SSSR count). The van der Waals surface area contributed by atoms with Gasteiger partial charge >= 0.3 is 5.97 Å². The van der Waals surface area contributed by atoms with Crippen LogP contribution in [-0.4, -0.2) is 54.3 Å². The molecule has 0 spiro atoms. The molecule has 0 radical (unpaired) electrons. The molecule has 17 heavy (non-hydrogen) atoms. The summed E-state index contributed by atoms with van der Waals surface area (Å²) in [5.41, 5.74) is 0. The zero-order chi connectivity index (χ0) is 13.1. The summed E-state index contributed by atoms with van der Waals surface area (Å²) in [4.78, 5) is 10.8. The van der Waals surface area contributed by atoms with E-state index in [1.807, 2.05) is 0 Å². The monoisotopic (exact) mass is 264 g/mol. The van der Waals surface area contributed by atoms with Crippen molar-refractivity contribution in [2.24, 2.45) is 0 Å². The number of likely N-dealkylation sites (N-methyl/N-ethyl adjacent to an activating group) is 1. The predicted octanol–water partition coefficient (Wildman–Crippen LogP) is 0.512. The molecule has 1 N–H and O–H groups in total. The lowest BCUT2D eigenvalue weighted by Gasteiger charge is -2.28. The number of aliphatic carboxylic acids is 1. The third-order valence-corrected chi connectivity index (χ3v) is 5.22. The number of hydrogen-bond donors (Lipinski definition) is 1. The van der Waals surface area contributed by atoms with E-state index in [0.717, 1.165) is 30.0 Å². The molecule has 1 unspecified atom stereocenters. The molecule has 1 heterocycles. The van der Waals surface area contributed by atoms with Gasteiger partial charge in [0, 0.05) is 20.1 Å².